The lowest BCUT2D eigenvalue weighted by molar-refractivity contribution is 0.0748. The summed E-state index contributed by atoms with van der Waals surface area (Å²) in [5, 5.41) is 1.97. The van der Waals surface area contributed by atoms with Crippen LogP contribution in [-0.2, 0) is 0 Å². The van der Waals surface area contributed by atoms with Gasteiger partial charge < -0.3 is 4.90 Å². The molecule has 0 saturated heterocycles. The Hall–Kier alpha value is -0.100. The third-order valence-corrected chi connectivity index (χ3v) is 4.56. The highest BCUT2D eigenvalue weighted by Gasteiger charge is 2.27. The highest BCUT2D eigenvalue weighted by molar-refractivity contribution is 14.1. The summed E-state index contributed by atoms with van der Waals surface area (Å²) in [5.41, 5.74) is 0.864. The van der Waals surface area contributed by atoms with Crippen molar-refractivity contribution in [2.24, 2.45) is 5.92 Å². The number of hydrogen-bond acceptors (Lipinski definition) is 2. The van der Waals surface area contributed by atoms with Crippen LogP contribution in [-0.4, -0.2) is 23.9 Å². The number of halogens is 1. The lowest BCUT2D eigenvalue weighted by Crippen LogP contribution is -2.33. The maximum Gasteiger partial charge on any atom is 0.254 e. The molecule has 1 amide bonds. The topological polar surface area (TPSA) is 20.3 Å². The number of carbonyl (C=O) groups excluding carboxylic acids is 1. The fourth-order valence-corrected chi connectivity index (χ4v) is 3.08. The van der Waals surface area contributed by atoms with Crippen molar-refractivity contribution in [3.63, 3.8) is 0 Å². The molecule has 0 atom stereocenters. The monoisotopic (exact) mass is 349 g/mol. The highest BCUT2D eigenvalue weighted by Crippen LogP contribution is 2.30. The number of nitrogens with zero attached hydrogens (tertiary/aromatic N) is 1. The molecule has 2 rings (SSSR count). The fraction of sp³-hybridized carbons (Fsp3) is 0.583. The maximum atomic E-state index is 12.2. The summed E-state index contributed by atoms with van der Waals surface area (Å²) in [6.45, 7) is 3.98. The lowest BCUT2D eigenvalue weighted by Gasteiger charge is -2.21. The van der Waals surface area contributed by atoms with Gasteiger partial charge in [0, 0.05) is 18.5 Å². The molecule has 16 heavy (non-hydrogen) atoms. The Bertz CT molecular complexity index is 373. The van der Waals surface area contributed by atoms with Crippen LogP contribution in [0.25, 0.3) is 0 Å². The van der Waals surface area contributed by atoms with E-state index in [1.807, 2.05) is 16.3 Å². The molecular formula is C12H16INOS. The van der Waals surface area contributed by atoms with Gasteiger partial charge in [-0.2, -0.15) is 0 Å². The van der Waals surface area contributed by atoms with Gasteiger partial charge in [0.25, 0.3) is 5.91 Å². The standard InChI is InChI=1S/C12H16INOS/c1-2-5-14(7-9-3-4-9)12(15)10-6-11(13)16-8-10/h6,8-9H,2-5,7H2,1H3. The molecular weight excluding hydrogens is 333 g/mol. The third-order valence-electron chi connectivity index (χ3n) is 2.77. The lowest BCUT2D eigenvalue weighted by atomic mass is 10.2. The summed E-state index contributed by atoms with van der Waals surface area (Å²) in [6.07, 6.45) is 3.64. The maximum absolute atomic E-state index is 12.2. The van der Waals surface area contributed by atoms with E-state index >= 15 is 0 Å². The first-order chi connectivity index (χ1) is 7.70. The minimum Gasteiger partial charge on any atom is -0.338 e. The fourth-order valence-electron chi connectivity index (χ4n) is 1.76. The smallest absolute Gasteiger partial charge is 0.254 e. The van der Waals surface area contributed by atoms with E-state index in [4.69, 9.17) is 0 Å². The van der Waals surface area contributed by atoms with Crippen molar-refractivity contribution < 1.29 is 4.79 Å². The van der Waals surface area contributed by atoms with Gasteiger partial charge in [-0.3, -0.25) is 4.79 Å². The van der Waals surface area contributed by atoms with Crippen molar-refractivity contribution in [1.29, 1.82) is 0 Å². The summed E-state index contributed by atoms with van der Waals surface area (Å²) in [4.78, 5) is 14.3. The van der Waals surface area contributed by atoms with Crippen LogP contribution in [0, 0.1) is 8.80 Å². The molecule has 2 nitrogen and oxygen atoms in total. The van der Waals surface area contributed by atoms with Crippen LogP contribution in [0.4, 0.5) is 0 Å². The van der Waals surface area contributed by atoms with Gasteiger partial charge in [-0.25, -0.2) is 0 Å². The predicted octanol–water partition coefficient (Wildman–Crippen LogP) is 3.61. The summed E-state index contributed by atoms with van der Waals surface area (Å²) in [6, 6.07) is 1.99. The molecule has 1 aliphatic rings. The summed E-state index contributed by atoms with van der Waals surface area (Å²) in [7, 11) is 0. The molecule has 0 unspecified atom stereocenters. The molecule has 1 aromatic heterocycles. The van der Waals surface area contributed by atoms with E-state index in [9.17, 15) is 4.79 Å². The van der Waals surface area contributed by atoms with Crippen LogP contribution in [0.1, 0.15) is 36.5 Å². The van der Waals surface area contributed by atoms with Gasteiger partial charge in [-0.15, -0.1) is 11.3 Å². The predicted molar refractivity (Wildman–Crippen MR) is 76.0 cm³/mol. The molecule has 0 N–H and O–H groups in total. The number of thiophene rings is 1. The molecule has 0 aromatic carbocycles. The Morgan fingerprint density at radius 3 is 2.88 bits per heavy atom. The van der Waals surface area contributed by atoms with Crippen LogP contribution in [0.15, 0.2) is 11.4 Å². The zero-order valence-corrected chi connectivity index (χ0v) is 12.4. The van der Waals surface area contributed by atoms with E-state index in [-0.39, 0.29) is 5.91 Å². The minimum absolute atomic E-state index is 0.216. The average Bonchev–Trinajstić information content (AvgIpc) is 2.97. The molecule has 0 bridgehead atoms. The van der Waals surface area contributed by atoms with Crippen LogP contribution in [0.5, 0.6) is 0 Å². The largest absolute Gasteiger partial charge is 0.338 e. The van der Waals surface area contributed by atoms with Gasteiger partial charge in [0.15, 0.2) is 0 Å². The van der Waals surface area contributed by atoms with Crippen LogP contribution >= 0.6 is 33.9 Å². The molecule has 0 aliphatic heterocycles. The Morgan fingerprint density at radius 2 is 2.38 bits per heavy atom. The molecule has 1 aromatic rings. The molecule has 0 radical (unpaired) electrons. The molecule has 1 saturated carbocycles. The Morgan fingerprint density at radius 1 is 1.62 bits per heavy atom. The Labute approximate surface area is 114 Å². The number of amides is 1. The average molecular weight is 349 g/mol. The summed E-state index contributed by atoms with van der Waals surface area (Å²) >= 11 is 3.91. The Balaban J connectivity index is 2.02. The first-order valence-corrected chi connectivity index (χ1v) is 7.70. The van der Waals surface area contributed by atoms with E-state index in [2.05, 4.69) is 29.5 Å². The first-order valence-electron chi connectivity index (χ1n) is 5.74. The van der Waals surface area contributed by atoms with Gasteiger partial charge in [-0.05, 0) is 53.8 Å². The number of carbonyl (C=O) groups is 1. The van der Waals surface area contributed by atoms with E-state index in [1.54, 1.807) is 11.3 Å². The second-order valence-corrected chi connectivity index (χ2v) is 7.14. The van der Waals surface area contributed by atoms with Crippen LogP contribution < -0.4 is 0 Å². The molecule has 1 heterocycles. The van der Waals surface area contributed by atoms with E-state index in [0.29, 0.717) is 0 Å². The number of rotatable bonds is 5. The first kappa shape index (κ1) is 12.4. The van der Waals surface area contributed by atoms with Gasteiger partial charge in [0.1, 0.15) is 0 Å². The van der Waals surface area contributed by atoms with Gasteiger partial charge in [0.2, 0.25) is 0 Å². The zero-order valence-electron chi connectivity index (χ0n) is 9.41. The quantitative estimate of drug-likeness (QED) is 0.744. The third kappa shape index (κ3) is 3.20. The molecule has 0 spiro atoms. The van der Waals surface area contributed by atoms with Crippen molar-refractivity contribution in [2.75, 3.05) is 13.1 Å². The van der Waals surface area contributed by atoms with E-state index in [1.165, 1.54) is 15.7 Å². The SMILES string of the molecule is CCCN(CC1CC1)C(=O)c1csc(I)c1. The van der Waals surface area contributed by atoms with Crippen molar-refractivity contribution in [2.45, 2.75) is 26.2 Å². The molecule has 1 aliphatic carbocycles. The number of hydrogen-bond donors (Lipinski definition) is 0. The van der Waals surface area contributed by atoms with Crippen molar-refractivity contribution in [3.8, 4) is 0 Å². The molecule has 4 heteroatoms. The van der Waals surface area contributed by atoms with Crippen molar-refractivity contribution >= 4 is 39.8 Å². The second-order valence-electron chi connectivity index (χ2n) is 4.33. The van der Waals surface area contributed by atoms with Crippen molar-refractivity contribution in [1.82, 2.24) is 4.90 Å². The van der Waals surface area contributed by atoms with Crippen molar-refractivity contribution in [3.05, 3.63) is 19.9 Å². The van der Waals surface area contributed by atoms with Gasteiger partial charge in [0.05, 0.1) is 8.45 Å². The highest BCUT2D eigenvalue weighted by atomic mass is 127. The Kier molecular flexibility index (Phi) is 4.24. The summed E-state index contributed by atoms with van der Waals surface area (Å²) < 4.78 is 1.18. The molecule has 88 valence electrons. The minimum atomic E-state index is 0.216. The normalized spacial score (nSPS) is 15.1. The zero-order chi connectivity index (χ0) is 11.5. The second kappa shape index (κ2) is 5.49. The van der Waals surface area contributed by atoms with E-state index in [0.717, 1.165) is 31.0 Å². The molecule has 1 fully saturated rings. The van der Waals surface area contributed by atoms with E-state index < -0.39 is 0 Å². The van der Waals surface area contributed by atoms with Crippen LogP contribution in [0.2, 0.25) is 0 Å². The van der Waals surface area contributed by atoms with Gasteiger partial charge in [-0.1, -0.05) is 6.92 Å². The summed E-state index contributed by atoms with van der Waals surface area (Å²) in [5.74, 6) is 0.987. The van der Waals surface area contributed by atoms with Crippen LogP contribution in [0.3, 0.4) is 0 Å². The van der Waals surface area contributed by atoms with Gasteiger partial charge >= 0.3 is 0 Å².